The van der Waals surface area contributed by atoms with E-state index in [2.05, 4.69) is 4.72 Å². The maximum atomic E-state index is 11.8. The van der Waals surface area contributed by atoms with Crippen LogP contribution in [0.1, 0.15) is 16.9 Å². The number of rotatable bonds is 7. The number of nitrogens with two attached hydrogens (primary N) is 1. The molecular formula is C10H19N3O2S2. The van der Waals surface area contributed by atoms with Crippen molar-refractivity contribution >= 4 is 21.5 Å². The highest BCUT2D eigenvalue weighted by molar-refractivity contribution is 7.87. The van der Waals surface area contributed by atoms with Crippen LogP contribution in [0.15, 0.2) is 11.4 Å². The predicted molar refractivity (Wildman–Crippen MR) is 71.1 cm³/mol. The highest BCUT2D eigenvalue weighted by Gasteiger charge is 2.16. The average molecular weight is 277 g/mol. The number of aryl methyl sites for hydroxylation is 1. The Morgan fingerprint density at radius 1 is 1.53 bits per heavy atom. The summed E-state index contributed by atoms with van der Waals surface area (Å²) in [5.74, 6) is 0. The molecule has 0 atom stereocenters. The van der Waals surface area contributed by atoms with Crippen molar-refractivity contribution in [1.82, 2.24) is 9.03 Å². The Bertz CT molecular complexity index is 442. The molecule has 0 unspecified atom stereocenters. The minimum absolute atomic E-state index is 0.346. The van der Waals surface area contributed by atoms with Crippen LogP contribution < -0.4 is 10.5 Å². The highest BCUT2D eigenvalue weighted by atomic mass is 32.2. The fourth-order valence-electron chi connectivity index (χ4n) is 1.29. The van der Waals surface area contributed by atoms with E-state index in [4.69, 9.17) is 5.73 Å². The molecule has 98 valence electrons. The number of nitrogens with zero attached hydrogens (tertiary/aromatic N) is 1. The van der Waals surface area contributed by atoms with Gasteiger partial charge in [-0.25, -0.2) is 0 Å². The Balaban J connectivity index is 2.52. The van der Waals surface area contributed by atoms with E-state index in [0.717, 1.165) is 10.4 Å². The maximum Gasteiger partial charge on any atom is 0.279 e. The van der Waals surface area contributed by atoms with Crippen LogP contribution in [0, 0.1) is 6.92 Å². The van der Waals surface area contributed by atoms with Crippen molar-refractivity contribution in [3.05, 3.63) is 21.9 Å². The van der Waals surface area contributed by atoms with E-state index >= 15 is 0 Å². The topological polar surface area (TPSA) is 75.4 Å². The molecule has 7 heteroatoms. The zero-order chi connectivity index (χ0) is 12.9. The highest BCUT2D eigenvalue weighted by Crippen LogP contribution is 2.15. The molecular weight excluding hydrogens is 258 g/mol. The van der Waals surface area contributed by atoms with E-state index < -0.39 is 10.2 Å². The molecule has 0 amide bonds. The minimum atomic E-state index is -3.39. The molecule has 1 aromatic rings. The molecule has 3 N–H and O–H groups in total. The lowest BCUT2D eigenvalue weighted by atomic mass is 10.3. The molecule has 1 aromatic heterocycles. The summed E-state index contributed by atoms with van der Waals surface area (Å²) in [6, 6.07) is 1.98. The van der Waals surface area contributed by atoms with Gasteiger partial charge in [0.2, 0.25) is 0 Å². The lowest BCUT2D eigenvalue weighted by molar-refractivity contribution is 0.453. The van der Waals surface area contributed by atoms with E-state index in [1.54, 1.807) is 18.4 Å². The predicted octanol–water partition coefficient (Wildman–Crippen LogP) is 0.672. The summed E-state index contributed by atoms with van der Waals surface area (Å²) in [5, 5.41) is 1.96. The largest absolute Gasteiger partial charge is 0.330 e. The molecule has 5 nitrogen and oxygen atoms in total. The van der Waals surface area contributed by atoms with Gasteiger partial charge in [-0.2, -0.15) is 17.4 Å². The van der Waals surface area contributed by atoms with Gasteiger partial charge < -0.3 is 5.73 Å². The molecule has 0 spiro atoms. The smallest absolute Gasteiger partial charge is 0.279 e. The van der Waals surface area contributed by atoms with Gasteiger partial charge in [-0.3, -0.25) is 0 Å². The molecule has 0 aliphatic carbocycles. The molecule has 1 heterocycles. The minimum Gasteiger partial charge on any atom is -0.330 e. The zero-order valence-electron chi connectivity index (χ0n) is 10.1. The van der Waals surface area contributed by atoms with Crippen LogP contribution in [0.4, 0.5) is 0 Å². The molecule has 0 aliphatic rings. The third-order valence-corrected chi connectivity index (χ3v) is 5.01. The van der Waals surface area contributed by atoms with Gasteiger partial charge in [0, 0.05) is 25.0 Å². The number of thiophene rings is 1. The van der Waals surface area contributed by atoms with Crippen LogP contribution in [0.25, 0.3) is 0 Å². The third-order valence-electron chi connectivity index (χ3n) is 2.47. The van der Waals surface area contributed by atoms with Gasteiger partial charge in [0.25, 0.3) is 10.2 Å². The van der Waals surface area contributed by atoms with Crippen molar-refractivity contribution < 1.29 is 8.42 Å². The van der Waals surface area contributed by atoms with E-state index in [0.29, 0.717) is 26.1 Å². The van der Waals surface area contributed by atoms with Gasteiger partial charge in [0.05, 0.1) is 0 Å². The monoisotopic (exact) mass is 277 g/mol. The molecule has 17 heavy (non-hydrogen) atoms. The summed E-state index contributed by atoms with van der Waals surface area (Å²) in [4.78, 5) is 1.04. The Morgan fingerprint density at radius 2 is 2.24 bits per heavy atom. The fraction of sp³-hybridized carbons (Fsp3) is 0.600. The molecule has 1 rings (SSSR count). The Hall–Kier alpha value is -0.470. The lowest BCUT2D eigenvalue weighted by Crippen LogP contribution is -2.38. The van der Waals surface area contributed by atoms with E-state index in [-0.39, 0.29) is 0 Å². The summed E-state index contributed by atoms with van der Waals surface area (Å²) in [5.41, 5.74) is 6.46. The van der Waals surface area contributed by atoms with Gasteiger partial charge in [0.15, 0.2) is 0 Å². The quantitative estimate of drug-likeness (QED) is 0.769. The van der Waals surface area contributed by atoms with Crippen molar-refractivity contribution in [1.29, 1.82) is 0 Å². The first-order valence-corrected chi connectivity index (χ1v) is 7.73. The van der Waals surface area contributed by atoms with Gasteiger partial charge in [0.1, 0.15) is 0 Å². The van der Waals surface area contributed by atoms with E-state index in [1.807, 2.05) is 18.4 Å². The second-order valence-electron chi connectivity index (χ2n) is 3.82. The van der Waals surface area contributed by atoms with Crippen molar-refractivity contribution in [2.45, 2.75) is 19.9 Å². The Kier molecular flexibility index (Phi) is 5.54. The second kappa shape index (κ2) is 6.46. The average Bonchev–Trinajstić information content (AvgIpc) is 2.69. The lowest BCUT2D eigenvalue weighted by Gasteiger charge is -2.17. The molecule has 0 fully saturated rings. The standard InChI is InChI=1S/C10H19N3O2S2/c1-9-4-7-16-10(9)8-12-17(14,15)13(2)6-3-5-11/h4,7,12H,3,5-6,8,11H2,1-2H3. The van der Waals surface area contributed by atoms with E-state index in [9.17, 15) is 8.42 Å². The Morgan fingerprint density at radius 3 is 2.76 bits per heavy atom. The van der Waals surface area contributed by atoms with Crippen LogP contribution in [-0.2, 0) is 16.8 Å². The maximum absolute atomic E-state index is 11.8. The first kappa shape index (κ1) is 14.6. The summed E-state index contributed by atoms with van der Waals surface area (Å²) in [7, 11) is -1.84. The van der Waals surface area contributed by atoms with E-state index in [1.165, 1.54) is 4.31 Å². The van der Waals surface area contributed by atoms with Gasteiger partial charge >= 0.3 is 0 Å². The van der Waals surface area contributed by atoms with Crippen molar-refractivity contribution in [3.63, 3.8) is 0 Å². The number of hydrogen-bond donors (Lipinski definition) is 2. The van der Waals surface area contributed by atoms with Gasteiger partial charge in [-0.1, -0.05) is 0 Å². The first-order chi connectivity index (χ1) is 7.97. The third kappa shape index (κ3) is 4.36. The molecule has 0 aromatic carbocycles. The van der Waals surface area contributed by atoms with Gasteiger partial charge in [-0.15, -0.1) is 11.3 Å². The Labute approximate surface area is 107 Å². The fourth-order valence-corrected chi connectivity index (χ4v) is 3.14. The molecule has 0 aliphatic heterocycles. The number of hydrogen-bond acceptors (Lipinski definition) is 4. The summed E-state index contributed by atoms with van der Waals surface area (Å²) in [6.45, 7) is 3.25. The first-order valence-electron chi connectivity index (χ1n) is 5.41. The number of nitrogens with one attached hydrogen (secondary N) is 1. The van der Waals surface area contributed by atoms with Crippen LogP contribution in [0.3, 0.4) is 0 Å². The summed E-state index contributed by atoms with van der Waals surface area (Å²) < 4.78 is 27.5. The van der Waals surface area contributed by atoms with Crippen molar-refractivity contribution in [2.75, 3.05) is 20.1 Å². The normalized spacial score (nSPS) is 12.2. The molecule has 0 saturated heterocycles. The van der Waals surface area contributed by atoms with Crippen LogP contribution in [-0.4, -0.2) is 32.9 Å². The van der Waals surface area contributed by atoms with Crippen molar-refractivity contribution in [3.8, 4) is 0 Å². The SMILES string of the molecule is Cc1ccsc1CNS(=O)(=O)N(C)CCCN. The summed E-state index contributed by atoms with van der Waals surface area (Å²) in [6.07, 6.45) is 0.662. The molecule has 0 radical (unpaired) electrons. The summed E-state index contributed by atoms with van der Waals surface area (Å²) >= 11 is 1.55. The van der Waals surface area contributed by atoms with Gasteiger partial charge in [-0.05, 0) is 36.9 Å². The van der Waals surface area contributed by atoms with Crippen LogP contribution >= 0.6 is 11.3 Å². The van der Waals surface area contributed by atoms with Crippen LogP contribution in [0.2, 0.25) is 0 Å². The molecule has 0 saturated carbocycles. The zero-order valence-corrected chi connectivity index (χ0v) is 11.8. The van der Waals surface area contributed by atoms with Crippen LogP contribution in [0.5, 0.6) is 0 Å². The second-order valence-corrected chi connectivity index (χ2v) is 6.68. The van der Waals surface area contributed by atoms with Crippen molar-refractivity contribution in [2.24, 2.45) is 5.73 Å². The molecule has 0 bridgehead atoms.